The van der Waals surface area contributed by atoms with Crippen LogP contribution in [0.3, 0.4) is 0 Å². The third-order valence-corrected chi connectivity index (χ3v) is 2.92. The number of hydrogen-bond acceptors (Lipinski definition) is 6. The van der Waals surface area contributed by atoms with E-state index < -0.39 is 4.92 Å². The second-order valence-corrected chi connectivity index (χ2v) is 4.74. The number of rotatable bonds is 5. The van der Waals surface area contributed by atoms with Gasteiger partial charge < -0.3 is 10.5 Å². The Bertz CT molecular complexity index is 386. The van der Waals surface area contributed by atoms with Crippen LogP contribution in [0.1, 0.15) is 6.92 Å². The van der Waals surface area contributed by atoms with Gasteiger partial charge in [-0.3, -0.25) is 16.0 Å². The summed E-state index contributed by atoms with van der Waals surface area (Å²) < 4.78 is 0. The summed E-state index contributed by atoms with van der Waals surface area (Å²) in [7, 11) is 0. The fourth-order valence-corrected chi connectivity index (χ4v) is 2.03. The number of nitrogen functional groups attached to an aromatic ring is 1. The van der Waals surface area contributed by atoms with Gasteiger partial charge in [-0.15, -0.1) is 11.8 Å². The zero-order valence-electron chi connectivity index (χ0n) is 8.71. The molecule has 0 aliphatic rings. The summed E-state index contributed by atoms with van der Waals surface area (Å²) in [5.41, 5.74) is 2.82. The Morgan fingerprint density at radius 1 is 1.62 bits per heavy atom. The lowest BCUT2D eigenvalue weighted by Crippen LogP contribution is -2.07. The van der Waals surface area contributed by atoms with Crippen LogP contribution in [-0.4, -0.2) is 21.9 Å². The Balaban J connectivity index is 2.99. The average Bonchev–Trinajstić information content (AvgIpc) is 2.28. The van der Waals surface area contributed by atoms with Crippen LogP contribution in [0.25, 0.3) is 0 Å². The van der Waals surface area contributed by atoms with Crippen LogP contribution in [-0.2, 0) is 0 Å². The van der Waals surface area contributed by atoms with Gasteiger partial charge in [-0.05, 0) is 6.07 Å². The molecule has 0 fully saturated rings. The highest BCUT2D eigenvalue weighted by atomic mass is 32.2. The first kappa shape index (κ1) is 12.8. The number of aliphatic hydroxyl groups excluding tert-OH is 1. The maximum Gasteiger partial charge on any atom is 0.272 e. The molecular weight excluding hydrogens is 230 g/mol. The normalized spacial score (nSPS) is 12.2. The maximum atomic E-state index is 10.7. The van der Waals surface area contributed by atoms with E-state index in [2.05, 4.69) is 5.43 Å². The van der Waals surface area contributed by atoms with E-state index in [0.29, 0.717) is 10.6 Å². The van der Waals surface area contributed by atoms with Crippen molar-refractivity contribution >= 4 is 23.1 Å². The van der Waals surface area contributed by atoms with Gasteiger partial charge in [0.2, 0.25) is 0 Å². The summed E-state index contributed by atoms with van der Waals surface area (Å²) in [6.07, 6.45) is 0. The fourth-order valence-electron chi connectivity index (χ4n) is 1.11. The molecular formula is C9H13N3O3S. The monoisotopic (exact) mass is 243 g/mol. The van der Waals surface area contributed by atoms with Gasteiger partial charge >= 0.3 is 0 Å². The second kappa shape index (κ2) is 5.69. The van der Waals surface area contributed by atoms with E-state index in [0.717, 1.165) is 0 Å². The summed E-state index contributed by atoms with van der Waals surface area (Å²) in [5, 5.41) is 19.5. The molecule has 0 aliphatic carbocycles. The number of nitrogens with two attached hydrogens (primary N) is 1. The number of hydrazine groups is 1. The van der Waals surface area contributed by atoms with Gasteiger partial charge in [0.1, 0.15) is 0 Å². The van der Waals surface area contributed by atoms with Crippen LogP contribution in [0.5, 0.6) is 0 Å². The van der Waals surface area contributed by atoms with E-state index in [4.69, 9.17) is 10.9 Å². The summed E-state index contributed by atoms with van der Waals surface area (Å²) in [5.74, 6) is 5.22. The first-order valence-corrected chi connectivity index (χ1v) is 5.48. The minimum absolute atomic E-state index is 0.0126. The number of hydrogen-bond donors (Lipinski definition) is 3. The molecule has 0 bridgehead atoms. The number of nitrogens with zero attached hydrogens (tertiary/aromatic N) is 1. The molecule has 0 saturated heterocycles. The van der Waals surface area contributed by atoms with Gasteiger partial charge in [0.25, 0.3) is 5.69 Å². The number of benzene rings is 1. The Hall–Kier alpha value is -1.31. The molecule has 16 heavy (non-hydrogen) atoms. The highest BCUT2D eigenvalue weighted by Gasteiger charge is 2.11. The molecule has 0 spiro atoms. The predicted molar refractivity (Wildman–Crippen MR) is 63.3 cm³/mol. The topological polar surface area (TPSA) is 101 Å². The van der Waals surface area contributed by atoms with Gasteiger partial charge in [-0.2, -0.15) is 0 Å². The van der Waals surface area contributed by atoms with Gasteiger partial charge in [0.05, 0.1) is 17.2 Å². The number of nitrogens with one attached hydrogen (secondary N) is 1. The summed E-state index contributed by atoms with van der Waals surface area (Å²) in [4.78, 5) is 10.9. The first-order chi connectivity index (χ1) is 7.56. The molecule has 0 aliphatic heterocycles. The SMILES string of the molecule is CC(CO)Sc1cc(NN)cc([N+](=O)[O-])c1. The first-order valence-electron chi connectivity index (χ1n) is 4.60. The molecule has 0 saturated carbocycles. The molecule has 4 N–H and O–H groups in total. The summed E-state index contributed by atoms with van der Waals surface area (Å²) in [6.45, 7) is 1.85. The number of aliphatic hydroxyl groups is 1. The molecule has 1 aromatic carbocycles. The zero-order chi connectivity index (χ0) is 12.1. The van der Waals surface area contributed by atoms with Crippen molar-refractivity contribution in [2.75, 3.05) is 12.0 Å². The number of non-ortho nitro benzene ring substituents is 1. The van der Waals surface area contributed by atoms with Crippen LogP contribution in [0.4, 0.5) is 11.4 Å². The third-order valence-electron chi connectivity index (χ3n) is 1.86. The Kier molecular flexibility index (Phi) is 4.53. The molecule has 0 amide bonds. The zero-order valence-corrected chi connectivity index (χ0v) is 9.53. The molecule has 0 aromatic heterocycles. The van der Waals surface area contributed by atoms with Crippen molar-refractivity contribution in [3.05, 3.63) is 28.3 Å². The van der Waals surface area contributed by atoms with E-state index in [9.17, 15) is 10.1 Å². The van der Waals surface area contributed by atoms with Crippen molar-refractivity contribution in [2.24, 2.45) is 5.84 Å². The minimum Gasteiger partial charge on any atom is -0.395 e. The minimum atomic E-state index is -0.478. The van der Waals surface area contributed by atoms with E-state index >= 15 is 0 Å². The number of nitro groups is 1. The second-order valence-electron chi connectivity index (χ2n) is 3.23. The van der Waals surface area contributed by atoms with E-state index in [1.54, 1.807) is 6.07 Å². The van der Waals surface area contributed by atoms with Crippen LogP contribution in [0.15, 0.2) is 23.1 Å². The molecule has 1 unspecified atom stereocenters. The number of anilines is 1. The highest BCUT2D eigenvalue weighted by molar-refractivity contribution is 8.00. The maximum absolute atomic E-state index is 10.7. The lowest BCUT2D eigenvalue weighted by atomic mass is 10.3. The number of nitro benzene ring substituents is 1. The largest absolute Gasteiger partial charge is 0.395 e. The van der Waals surface area contributed by atoms with Gasteiger partial charge in [-0.1, -0.05) is 6.92 Å². The number of thioether (sulfide) groups is 1. The molecule has 7 heteroatoms. The predicted octanol–water partition coefficient (Wildman–Crippen LogP) is 1.35. The van der Waals surface area contributed by atoms with Crippen LogP contribution < -0.4 is 11.3 Å². The van der Waals surface area contributed by atoms with Crippen molar-refractivity contribution in [1.29, 1.82) is 0 Å². The molecule has 6 nitrogen and oxygen atoms in total. The Morgan fingerprint density at radius 3 is 2.81 bits per heavy atom. The standard InChI is InChI=1S/C9H13N3O3S/c1-6(5-13)16-9-3-7(11-10)2-8(4-9)12(14)15/h2-4,6,11,13H,5,10H2,1H3. The fraction of sp³-hybridized carbons (Fsp3) is 0.333. The van der Waals surface area contributed by atoms with Crippen molar-refractivity contribution < 1.29 is 10.0 Å². The summed E-state index contributed by atoms with van der Waals surface area (Å²) in [6, 6.07) is 4.51. The van der Waals surface area contributed by atoms with Crippen molar-refractivity contribution in [3.63, 3.8) is 0 Å². The molecule has 1 atom stereocenters. The van der Waals surface area contributed by atoms with Crippen LogP contribution in [0, 0.1) is 10.1 Å². The molecule has 0 radical (unpaired) electrons. The highest BCUT2D eigenvalue weighted by Crippen LogP contribution is 2.29. The molecule has 88 valence electrons. The van der Waals surface area contributed by atoms with E-state index in [1.807, 2.05) is 6.92 Å². The van der Waals surface area contributed by atoms with Crippen molar-refractivity contribution in [3.8, 4) is 0 Å². The smallest absolute Gasteiger partial charge is 0.272 e. The van der Waals surface area contributed by atoms with Crippen molar-refractivity contribution in [1.82, 2.24) is 0 Å². The molecule has 0 heterocycles. The van der Waals surface area contributed by atoms with Gasteiger partial charge in [0.15, 0.2) is 0 Å². The summed E-state index contributed by atoms with van der Waals surface area (Å²) >= 11 is 1.35. The average molecular weight is 243 g/mol. The van der Waals surface area contributed by atoms with Gasteiger partial charge in [0, 0.05) is 22.3 Å². The third kappa shape index (κ3) is 3.37. The van der Waals surface area contributed by atoms with Crippen LogP contribution >= 0.6 is 11.8 Å². The molecule has 1 rings (SSSR count). The quantitative estimate of drug-likeness (QED) is 0.312. The Morgan fingerprint density at radius 2 is 2.31 bits per heavy atom. The van der Waals surface area contributed by atoms with E-state index in [-0.39, 0.29) is 17.5 Å². The van der Waals surface area contributed by atoms with Gasteiger partial charge in [-0.25, -0.2) is 0 Å². The molecule has 1 aromatic rings. The Labute approximate surface area is 97.0 Å². The van der Waals surface area contributed by atoms with E-state index in [1.165, 1.54) is 23.9 Å². The van der Waals surface area contributed by atoms with Crippen LogP contribution in [0.2, 0.25) is 0 Å². The van der Waals surface area contributed by atoms with Crippen molar-refractivity contribution in [2.45, 2.75) is 17.1 Å². The lowest BCUT2D eigenvalue weighted by molar-refractivity contribution is -0.385. The lowest BCUT2D eigenvalue weighted by Gasteiger charge is -2.09.